The second-order valence-corrected chi connectivity index (χ2v) is 8.09. The summed E-state index contributed by atoms with van der Waals surface area (Å²) in [5, 5.41) is 0. The maximum absolute atomic E-state index is 11.4. The van der Waals surface area contributed by atoms with Gasteiger partial charge >= 0.3 is 29.6 Å². The average molecular weight is 466 g/mol. The van der Waals surface area contributed by atoms with E-state index in [1.807, 2.05) is 14.1 Å². The van der Waals surface area contributed by atoms with Gasteiger partial charge in [0.25, 0.3) is 7.82 Å². The number of hydrogen-bond acceptors (Lipinski definition) is 3. The van der Waals surface area contributed by atoms with E-state index in [1.54, 1.807) is 4.90 Å². The molecule has 0 aliphatic heterocycles. The van der Waals surface area contributed by atoms with Gasteiger partial charge < -0.3 is 19.6 Å². The minimum atomic E-state index is -4.89. The van der Waals surface area contributed by atoms with Gasteiger partial charge in [-0.25, -0.2) is 0 Å². The van der Waals surface area contributed by atoms with Crippen LogP contribution in [0.15, 0.2) is 12.2 Å². The molecule has 0 aromatic carbocycles. The zero-order valence-corrected chi connectivity index (χ0v) is 22.7. The number of carbonyl (C=O) groups excluding carboxylic acids is 1. The molecule has 1 amide bonds. The smallest absolute Gasteiger partial charge is 0.756 e. The molecule has 0 saturated heterocycles. The molecule has 170 valence electrons. The largest absolute Gasteiger partial charge is 1.00 e. The second kappa shape index (κ2) is 26.6. The fourth-order valence-electron chi connectivity index (χ4n) is 2.57. The van der Waals surface area contributed by atoms with Gasteiger partial charge in [-0.3, -0.25) is 9.36 Å². The predicted octanol–water partition coefficient (Wildman–Crippen LogP) is 1.98. The molecule has 0 aliphatic rings. The Bertz CT molecular complexity index is 411. The number of carbonyl (C=O) groups is 1. The van der Waals surface area contributed by atoms with E-state index in [9.17, 15) is 4.79 Å². The van der Waals surface area contributed by atoms with Gasteiger partial charge in [-0.2, -0.15) is 0 Å². The summed E-state index contributed by atoms with van der Waals surface area (Å²) in [5.41, 5.74) is 0. The van der Waals surface area contributed by atoms with Gasteiger partial charge in [-0.05, 0) is 32.1 Å². The number of hydrogen-bond donors (Lipinski definition) is 2. The van der Waals surface area contributed by atoms with Gasteiger partial charge in [0.05, 0.1) is 0 Å². The molecule has 0 fully saturated rings. The molecule has 0 spiro atoms. The molecule has 0 aromatic heterocycles. The molecule has 29 heavy (non-hydrogen) atoms. The molecule has 0 radical (unpaired) electrons. The number of phosphoric acid groups is 1. The van der Waals surface area contributed by atoms with E-state index in [4.69, 9.17) is 19.2 Å². The van der Waals surface area contributed by atoms with Crippen molar-refractivity contribution in [2.45, 2.75) is 96.8 Å². The van der Waals surface area contributed by atoms with E-state index in [-0.39, 0.29) is 47.9 Å². The standard InChI is InChI=1S/C20H39NO.ClH.Na.H3O4P/c1-4-5-6-7-8-9-10-11-12-13-14-15-16-17-18-19-20(22)21(2)3;;;1-5(2,3)4/h11-12H,4-10,13-19H2,1-3H3;1H;;(H3,1,2,3,4)/q;;+1;/p-1/b12-11-;;;. The summed E-state index contributed by atoms with van der Waals surface area (Å²) in [7, 11) is -1.22. The van der Waals surface area contributed by atoms with Crippen molar-refractivity contribution in [2.75, 3.05) is 14.1 Å². The zero-order chi connectivity index (χ0) is 21.0. The Labute approximate surface area is 206 Å². The third-order valence-corrected chi connectivity index (χ3v) is 4.15. The molecule has 0 bridgehead atoms. The molecular weight excluding hydrogens is 424 g/mol. The Morgan fingerprint density at radius 3 is 1.59 bits per heavy atom. The quantitative estimate of drug-likeness (QED) is 0.167. The van der Waals surface area contributed by atoms with Gasteiger partial charge in [-0.15, -0.1) is 12.4 Å². The van der Waals surface area contributed by atoms with Crippen molar-refractivity contribution in [2.24, 2.45) is 0 Å². The molecule has 0 unspecified atom stereocenters. The molecule has 6 nitrogen and oxygen atoms in total. The van der Waals surface area contributed by atoms with Crippen LogP contribution < -0.4 is 34.5 Å². The van der Waals surface area contributed by atoms with Gasteiger partial charge in [0.1, 0.15) is 0 Å². The summed E-state index contributed by atoms with van der Waals surface area (Å²) >= 11 is 0. The summed E-state index contributed by atoms with van der Waals surface area (Å²) in [6.07, 6.45) is 22.4. The zero-order valence-electron chi connectivity index (χ0n) is 19.0. The summed E-state index contributed by atoms with van der Waals surface area (Å²) in [4.78, 5) is 36.0. The maximum atomic E-state index is 11.4. The first-order chi connectivity index (χ1) is 12.7. The number of halogens is 1. The van der Waals surface area contributed by atoms with Crippen LogP contribution in [0.4, 0.5) is 0 Å². The molecule has 0 aliphatic carbocycles. The Kier molecular flexibility index (Phi) is 34.0. The van der Waals surface area contributed by atoms with Crippen molar-refractivity contribution < 1.29 is 53.6 Å². The van der Waals surface area contributed by atoms with E-state index in [0.29, 0.717) is 6.42 Å². The minimum absolute atomic E-state index is 0. The molecule has 2 N–H and O–H groups in total. The van der Waals surface area contributed by atoms with E-state index >= 15 is 0 Å². The molecule has 0 heterocycles. The Hall–Kier alpha value is 0.610. The van der Waals surface area contributed by atoms with Crippen molar-refractivity contribution in [3.8, 4) is 0 Å². The number of unbranched alkanes of at least 4 members (excludes halogenated alkanes) is 11. The van der Waals surface area contributed by atoms with Crippen LogP contribution in [0.1, 0.15) is 96.8 Å². The average Bonchev–Trinajstić information content (AvgIpc) is 2.56. The van der Waals surface area contributed by atoms with Gasteiger partial charge in [0, 0.05) is 20.5 Å². The second-order valence-electron chi connectivity index (χ2n) is 7.11. The topological polar surface area (TPSA) is 101 Å². The number of amides is 1. The molecule has 9 heteroatoms. The Morgan fingerprint density at radius 2 is 1.21 bits per heavy atom. The molecule has 0 atom stereocenters. The molecule has 0 aromatic rings. The SMILES string of the molecule is CCCCCCCC/C=C\CCCCCCCC(=O)N(C)C.Cl.O=P([O-])(O)O.[Na+]. The summed E-state index contributed by atoms with van der Waals surface area (Å²) in [5.74, 6) is 0.262. The van der Waals surface area contributed by atoms with Crippen molar-refractivity contribution in [1.82, 2.24) is 4.90 Å². The van der Waals surface area contributed by atoms with Gasteiger partial charge in [-0.1, -0.05) is 70.4 Å². The first kappa shape index (κ1) is 37.0. The normalized spacial score (nSPS) is 10.6. The fraction of sp³-hybridized carbons (Fsp3) is 0.850. The van der Waals surface area contributed by atoms with Crippen LogP contribution in [-0.2, 0) is 9.36 Å². The van der Waals surface area contributed by atoms with E-state index < -0.39 is 7.82 Å². The van der Waals surface area contributed by atoms with E-state index in [2.05, 4.69) is 19.1 Å². The van der Waals surface area contributed by atoms with Crippen LogP contribution in [0.3, 0.4) is 0 Å². The third-order valence-electron chi connectivity index (χ3n) is 4.15. The molecular formula is C20H42ClNNaO5P. The van der Waals surface area contributed by atoms with Crippen LogP contribution >= 0.6 is 20.2 Å². The van der Waals surface area contributed by atoms with Crippen LogP contribution in [-0.4, -0.2) is 34.7 Å². The number of rotatable bonds is 15. The van der Waals surface area contributed by atoms with Crippen molar-refractivity contribution in [3.05, 3.63) is 12.2 Å². The van der Waals surface area contributed by atoms with Crippen LogP contribution in [0.2, 0.25) is 0 Å². The predicted molar refractivity (Wildman–Crippen MR) is 117 cm³/mol. The van der Waals surface area contributed by atoms with Crippen molar-refractivity contribution in [3.63, 3.8) is 0 Å². The monoisotopic (exact) mass is 465 g/mol. The van der Waals surface area contributed by atoms with Gasteiger partial charge in [0.2, 0.25) is 5.91 Å². The first-order valence-corrected chi connectivity index (χ1v) is 11.8. The number of allylic oxidation sites excluding steroid dienone is 2. The summed E-state index contributed by atoms with van der Waals surface area (Å²) < 4.78 is 8.77. The summed E-state index contributed by atoms with van der Waals surface area (Å²) in [6, 6.07) is 0. The molecule has 0 saturated carbocycles. The third kappa shape index (κ3) is 43.4. The minimum Gasteiger partial charge on any atom is -0.756 e. The van der Waals surface area contributed by atoms with E-state index in [1.165, 1.54) is 77.0 Å². The Morgan fingerprint density at radius 1 is 0.862 bits per heavy atom. The summed E-state index contributed by atoms with van der Waals surface area (Å²) in [6.45, 7) is 2.27. The Balaban J connectivity index is -0.000000396. The first-order valence-electron chi connectivity index (χ1n) is 10.3. The van der Waals surface area contributed by atoms with Gasteiger partial charge in [0.15, 0.2) is 0 Å². The van der Waals surface area contributed by atoms with E-state index in [0.717, 1.165) is 6.42 Å². The maximum Gasteiger partial charge on any atom is 1.00 e. The van der Waals surface area contributed by atoms with Crippen molar-refractivity contribution in [1.29, 1.82) is 0 Å². The fourth-order valence-corrected chi connectivity index (χ4v) is 2.57. The number of nitrogens with zero attached hydrogens (tertiary/aromatic N) is 1. The van der Waals surface area contributed by atoms with Crippen molar-refractivity contribution >= 4 is 26.1 Å². The van der Waals surface area contributed by atoms with Crippen LogP contribution in [0.5, 0.6) is 0 Å². The van der Waals surface area contributed by atoms with Crippen LogP contribution in [0, 0.1) is 0 Å². The molecule has 0 rings (SSSR count). The van der Waals surface area contributed by atoms with Crippen LogP contribution in [0.25, 0.3) is 0 Å².